The molecule has 0 amide bonds. The predicted molar refractivity (Wildman–Crippen MR) is 71.2 cm³/mol. The van der Waals surface area contributed by atoms with Crippen molar-refractivity contribution in [3.63, 3.8) is 0 Å². The van der Waals surface area contributed by atoms with Gasteiger partial charge < -0.3 is 10.6 Å². The largest absolute Gasteiger partial charge is 0.382 e. The molecule has 17 heavy (non-hydrogen) atoms. The Morgan fingerprint density at radius 1 is 1.29 bits per heavy atom. The van der Waals surface area contributed by atoms with Gasteiger partial charge in [0.1, 0.15) is 0 Å². The molecule has 2 aromatic rings. The van der Waals surface area contributed by atoms with Crippen LogP contribution in [0.5, 0.6) is 0 Å². The van der Waals surface area contributed by atoms with Crippen molar-refractivity contribution in [1.82, 2.24) is 10.3 Å². The summed E-state index contributed by atoms with van der Waals surface area (Å²) in [5, 5.41) is 7.97. The summed E-state index contributed by atoms with van der Waals surface area (Å²) < 4.78 is 0. The molecule has 0 atom stereocenters. The van der Waals surface area contributed by atoms with Gasteiger partial charge in [-0.2, -0.15) is 0 Å². The van der Waals surface area contributed by atoms with Gasteiger partial charge in [-0.3, -0.25) is 4.98 Å². The van der Waals surface area contributed by atoms with Crippen molar-refractivity contribution in [2.75, 3.05) is 12.4 Å². The van der Waals surface area contributed by atoms with Gasteiger partial charge in [-0.25, -0.2) is 0 Å². The highest BCUT2D eigenvalue weighted by Crippen LogP contribution is 2.29. The third-order valence-corrected chi connectivity index (χ3v) is 3.06. The van der Waals surface area contributed by atoms with Crippen LogP contribution in [0.3, 0.4) is 0 Å². The highest BCUT2D eigenvalue weighted by molar-refractivity contribution is 5.91. The summed E-state index contributed by atoms with van der Waals surface area (Å²) in [6.07, 6.45) is 2.58. The molecule has 0 saturated heterocycles. The van der Waals surface area contributed by atoms with Crippen molar-refractivity contribution in [3.05, 3.63) is 36.0 Å². The first kappa shape index (κ1) is 10.5. The Hall–Kier alpha value is -1.61. The number of benzene rings is 1. The zero-order valence-electron chi connectivity index (χ0n) is 10.0. The van der Waals surface area contributed by atoms with Gasteiger partial charge in [0.2, 0.25) is 0 Å². The Kier molecular flexibility index (Phi) is 2.69. The first-order valence-electron chi connectivity index (χ1n) is 6.16. The fraction of sp³-hybridized carbons (Fsp3) is 0.357. The van der Waals surface area contributed by atoms with Gasteiger partial charge in [-0.05, 0) is 32.0 Å². The molecular formula is C14H17N3. The molecule has 0 spiro atoms. The van der Waals surface area contributed by atoms with Crippen LogP contribution in [0.25, 0.3) is 10.9 Å². The number of hydrogen-bond donors (Lipinski definition) is 2. The zero-order valence-corrected chi connectivity index (χ0v) is 10.0. The summed E-state index contributed by atoms with van der Waals surface area (Å²) in [4.78, 5) is 4.65. The summed E-state index contributed by atoms with van der Waals surface area (Å²) in [6, 6.07) is 11.2. The number of anilines is 1. The third kappa shape index (κ3) is 2.24. The summed E-state index contributed by atoms with van der Waals surface area (Å²) in [6.45, 7) is 0.810. The van der Waals surface area contributed by atoms with Crippen LogP contribution in [0, 0.1) is 0 Å². The Bertz CT molecular complexity index is 532. The van der Waals surface area contributed by atoms with Crippen LogP contribution in [-0.2, 0) is 6.54 Å². The second kappa shape index (κ2) is 4.34. The summed E-state index contributed by atoms with van der Waals surface area (Å²) in [7, 11) is 1.95. The second-order valence-corrected chi connectivity index (χ2v) is 4.63. The molecule has 0 unspecified atom stereocenters. The van der Waals surface area contributed by atoms with E-state index in [-0.39, 0.29) is 0 Å². The number of rotatable bonds is 4. The molecule has 0 aliphatic heterocycles. The fourth-order valence-corrected chi connectivity index (χ4v) is 2.07. The first-order chi connectivity index (χ1) is 8.36. The average molecular weight is 227 g/mol. The molecule has 1 aromatic carbocycles. The molecule has 1 heterocycles. The van der Waals surface area contributed by atoms with Crippen LogP contribution >= 0.6 is 0 Å². The highest BCUT2D eigenvalue weighted by Gasteiger charge is 2.21. The fourth-order valence-electron chi connectivity index (χ4n) is 2.07. The SMILES string of the molecule is CNCc1cc(NC2CC2)c2ccccc2n1. The number of fused-ring (bicyclic) bond motifs is 1. The van der Waals surface area contributed by atoms with Crippen molar-refractivity contribution in [3.8, 4) is 0 Å². The van der Waals surface area contributed by atoms with Crippen LogP contribution in [0.15, 0.2) is 30.3 Å². The number of aromatic nitrogens is 1. The van der Waals surface area contributed by atoms with Gasteiger partial charge in [0.05, 0.1) is 11.2 Å². The van der Waals surface area contributed by atoms with E-state index < -0.39 is 0 Å². The Labute approximate surface area is 101 Å². The van der Waals surface area contributed by atoms with Crippen LogP contribution in [0.1, 0.15) is 18.5 Å². The molecule has 3 nitrogen and oxygen atoms in total. The van der Waals surface area contributed by atoms with Crippen LogP contribution in [0.4, 0.5) is 5.69 Å². The quantitative estimate of drug-likeness (QED) is 0.842. The van der Waals surface area contributed by atoms with Crippen LogP contribution < -0.4 is 10.6 Å². The molecule has 88 valence electrons. The molecule has 0 radical (unpaired) electrons. The number of nitrogens with zero attached hydrogens (tertiary/aromatic N) is 1. The molecule has 1 aliphatic carbocycles. The van der Waals surface area contributed by atoms with E-state index in [1.807, 2.05) is 13.1 Å². The second-order valence-electron chi connectivity index (χ2n) is 4.63. The van der Waals surface area contributed by atoms with Gasteiger partial charge >= 0.3 is 0 Å². The lowest BCUT2D eigenvalue weighted by Gasteiger charge is -2.11. The van der Waals surface area contributed by atoms with Crippen molar-refractivity contribution in [2.24, 2.45) is 0 Å². The van der Waals surface area contributed by atoms with Crippen LogP contribution in [0.2, 0.25) is 0 Å². The van der Waals surface area contributed by atoms with E-state index in [4.69, 9.17) is 0 Å². The zero-order chi connectivity index (χ0) is 11.7. The van der Waals surface area contributed by atoms with Gasteiger partial charge in [0, 0.05) is 23.7 Å². The van der Waals surface area contributed by atoms with E-state index in [1.165, 1.54) is 23.9 Å². The molecule has 1 saturated carbocycles. The maximum absolute atomic E-state index is 4.65. The Morgan fingerprint density at radius 3 is 2.88 bits per heavy atom. The van der Waals surface area contributed by atoms with Crippen molar-refractivity contribution in [2.45, 2.75) is 25.4 Å². The van der Waals surface area contributed by atoms with Crippen molar-refractivity contribution >= 4 is 16.6 Å². The molecule has 0 bridgehead atoms. The van der Waals surface area contributed by atoms with Gasteiger partial charge in [-0.15, -0.1) is 0 Å². The summed E-state index contributed by atoms with van der Waals surface area (Å²) in [5.41, 5.74) is 3.39. The molecule has 3 heteroatoms. The maximum Gasteiger partial charge on any atom is 0.0726 e. The van der Waals surface area contributed by atoms with Crippen molar-refractivity contribution < 1.29 is 0 Å². The van der Waals surface area contributed by atoms with E-state index in [0.29, 0.717) is 6.04 Å². The normalized spacial score (nSPS) is 15.1. The Morgan fingerprint density at radius 2 is 2.12 bits per heavy atom. The molecule has 1 aliphatic rings. The number of nitrogens with one attached hydrogen (secondary N) is 2. The summed E-state index contributed by atoms with van der Waals surface area (Å²) in [5.74, 6) is 0. The van der Waals surface area contributed by atoms with Crippen LogP contribution in [-0.4, -0.2) is 18.1 Å². The van der Waals surface area contributed by atoms with E-state index in [9.17, 15) is 0 Å². The van der Waals surface area contributed by atoms with E-state index in [1.54, 1.807) is 0 Å². The topological polar surface area (TPSA) is 37.0 Å². The number of pyridine rings is 1. The molecule has 2 N–H and O–H groups in total. The van der Waals surface area contributed by atoms with E-state index >= 15 is 0 Å². The lowest BCUT2D eigenvalue weighted by atomic mass is 10.1. The smallest absolute Gasteiger partial charge is 0.0726 e. The first-order valence-corrected chi connectivity index (χ1v) is 6.16. The average Bonchev–Trinajstić information content (AvgIpc) is 3.13. The van der Waals surface area contributed by atoms with Gasteiger partial charge in [-0.1, -0.05) is 18.2 Å². The molecule has 3 rings (SSSR count). The minimum Gasteiger partial charge on any atom is -0.382 e. The van der Waals surface area contributed by atoms with Gasteiger partial charge in [0.15, 0.2) is 0 Å². The predicted octanol–water partition coefficient (Wildman–Crippen LogP) is 2.53. The lowest BCUT2D eigenvalue weighted by molar-refractivity contribution is 0.795. The maximum atomic E-state index is 4.65. The van der Waals surface area contributed by atoms with Crippen molar-refractivity contribution in [1.29, 1.82) is 0 Å². The number of hydrogen-bond acceptors (Lipinski definition) is 3. The Balaban J connectivity index is 2.07. The molecule has 1 fully saturated rings. The molecule has 1 aromatic heterocycles. The monoisotopic (exact) mass is 227 g/mol. The van der Waals surface area contributed by atoms with Gasteiger partial charge in [0.25, 0.3) is 0 Å². The minimum absolute atomic E-state index is 0.670. The number of para-hydroxylation sites is 1. The van der Waals surface area contributed by atoms with E-state index in [2.05, 4.69) is 39.9 Å². The third-order valence-electron chi connectivity index (χ3n) is 3.06. The minimum atomic E-state index is 0.670. The lowest BCUT2D eigenvalue weighted by Crippen LogP contribution is -2.09. The molecular weight excluding hydrogens is 210 g/mol. The standard InChI is InChI=1S/C14H17N3/c1-15-9-11-8-14(16-10-6-7-10)12-4-2-3-5-13(12)17-11/h2-5,8,10,15H,6-7,9H2,1H3,(H,16,17). The highest BCUT2D eigenvalue weighted by atomic mass is 15.0. The van der Waals surface area contributed by atoms with E-state index in [0.717, 1.165) is 17.8 Å². The summed E-state index contributed by atoms with van der Waals surface area (Å²) >= 11 is 0.